The Morgan fingerprint density at radius 1 is 1.12 bits per heavy atom. The van der Waals surface area contributed by atoms with Crippen molar-refractivity contribution in [2.24, 2.45) is 0 Å². The third kappa shape index (κ3) is 4.22. The van der Waals surface area contributed by atoms with Crippen molar-refractivity contribution in [1.29, 1.82) is 0 Å². The Morgan fingerprint density at radius 2 is 1.84 bits per heavy atom. The first kappa shape index (κ1) is 18.4. The molecular formula is C18H18BrN3OS2. The summed E-state index contributed by atoms with van der Waals surface area (Å²) in [5.41, 5.74) is 5.24. The highest BCUT2D eigenvalue weighted by Gasteiger charge is 2.12. The standard InChI is InChI=1S/C18H18BrN3OS2/c1-10-11(2)20-18(21-12(10)3)25-9-14-8-24-17(22-14)15-7-13(19)5-6-16(15)23-4/h5-8H,9H2,1-4H3. The molecule has 7 heteroatoms. The highest BCUT2D eigenvalue weighted by molar-refractivity contribution is 9.10. The molecular weight excluding hydrogens is 418 g/mol. The van der Waals surface area contributed by atoms with Gasteiger partial charge in [-0.25, -0.2) is 15.0 Å². The molecule has 1 aromatic carbocycles. The molecule has 25 heavy (non-hydrogen) atoms. The average molecular weight is 436 g/mol. The van der Waals surface area contributed by atoms with E-state index in [1.54, 1.807) is 30.2 Å². The molecule has 0 radical (unpaired) electrons. The zero-order valence-electron chi connectivity index (χ0n) is 14.5. The van der Waals surface area contributed by atoms with E-state index in [1.165, 1.54) is 0 Å². The summed E-state index contributed by atoms with van der Waals surface area (Å²) < 4.78 is 6.46. The lowest BCUT2D eigenvalue weighted by atomic mass is 10.2. The zero-order chi connectivity index (χ0) is 18.0. The summed E-state index contributed by atoms with van der Waals surface area (Å²) >= 11 is 6.74. The number of halogens is 1. The molecule has 4 nitrogen and oxygen atoms in total. The van der Waals surface area contributed by atoms with Crippen LogP contribution in [-0.2, 0) is 5.75 Å². The smallest absolute Gasteiger partial charge is 0.188 e. The normalized spacial score (nSPS) is 10.9. The molecule has 130 valence electrons. The lowest BCUT2D eigenvalue weighted by Gasteiger charge is -2.06. The van der Waals surface area contributed by atoms with Crippen molar-refractivity contribution >= 4 is 39.0 Å². The van der Waals surface area contributed by atoms with Crippen LogP contribution >= 0.6 is 39.0 Å². The lowest BCUT2D eigenvalue weighted by Crippen LogP contribution is -1.98. The van der Waals surface area contributed by atoms with Gasteiger partial charge in [-0.2, -0.15) is 0 Å². The maximum Gasteiger partial charge on any atom is 0.188 e. The van der Waals surface area contributed by atoms with Crippen molar-refractivity contribution in [1.82, 2.24) is 15.0 Å². The number of ether oxygens (including phenoxy) is 1. The number of hydrogen-bond donors (Lipinski definition) is 0. The van der Waals surface area contributed by atoms with Crippen LogP contribution in [0.1, 0.15) is 22.6 Å². The number of thiazole rings is 1. The van der Waals surface area contributed by atoms with E-state index in [4.69, 9.17) is 9.72 Å². The molecule has 0 aliphatic heterocycles. The minimum Gasteiger partial charge on any atom is -0.496 e. The number of aromatic nitrogens is 3. The fraction of sp³-hybridized carbons (Fsp3) is 0.278. The molecule has 2 aromatic heterocycles. The van der Waals surface area contributed by atoms with Gasteiger partial charge in [0.1, 0.15) is 10.8 Å². The van der Waals surface area contributed by atoms with Gasteiger partial charge in [-0.15, -0.1) is 11.3 Å². The van der Waals surface area contributed by atoms with Crippen LogP contribution in [0, 0.1) is 20.8 Å². The number of methoxy groups -OCH3 is 1. The van der Waals surface area contributed by atoms with Gasteiger partial charge in [-0.05, 0) is 44.5 Å². The summed E-state index contributed by atoms with van der Waals surface area (Å²) in [5, 5.41) is 3.83. The van der Waals surface area contributed by atoms with Crippen LogP contribution in [0.15, 0.2) is 33.2 Å². The van der Waals surface area contributed by atoms with Gasteiger partial charge in [-0.3, -0.25) is 0 Å². The highest BCUT2D eigenvalue weighted by atomic mass is 79.9. The molecule has 0 bridgehead atoms. The van der Waals surface area contributed by atoms with E-state index >= 15 is 0 Å². The van der Waals surface area contributed by atoms with Crippen LogP contribution in [-0.4, -0.2) is 22.1 Å². The van der Waals surface area contributed by atoms with Crippen molar-refractivity contribution < 1.29 is 4.74 Å². The summed E-state index contributed by atoms with van der Waals surface area (Å²) in [5.74, 6) is 1.57. The Kier molecular flexibility index (Phi) is 5.76. The van der Waals surface area contributed by atoms with E-state index in [0.717, 1.165) is 54.3 Å². The Balaban J connectivity index is 1.78. The maximum absolute atomic E-state index is 5.45. The maximum atomic E-state index is 5.45. The first-order chi connectivity index (χ1) is 12.0. The van der Waals surface area contributed by atoms with Crippen LogP contribution in [0.4, 0.5) is 0 Å². The van der Waals surface area contributed by atoms with Gasteiger partial charge in [-0.1, -0.05) is 27.7 Å². The Hall–Kier alpha value is -1.44. The van der Waals surface area contributed by atoms with E-state index in [0.29, 0.717) is 0 Å². The molecule has 0 N–H and O–H groups in total. The fourth-order valence-corrected chi connectivity index (χ4v) is 4.42. The van der Waals surface area contributed by atoms with Gasteiger partial charge < -0.3 is 4.74 Å². The molecule has 0 spiro atoms. The predicted molar refractivity (Wildman–Crippen MR) is 108 cm³/mol. The number of hydrogen-bond acceptors (Lipinski definition) is 6. The van der Waals surface area contributed by atoms with Crippen molar-refractivity contribution in [2.45, 2.75) is 31.7 Å². The van der Waals surface area contributed by atoms with Gasteiger partial charge in [0.25, 0.3) is 0 Å². The second-order valence-electron chi connectivity index (χ2n) is 5.58. The first-order valence-corrected chi connectivity index (χ1v) is 10.4. The predicted octanol–water partition coefficient (Wildman–Crippen LogP) is 5.59. The molecule has 0 saturated heterocycles. The first-order valence-electron chi connectivity index (χ1n) is 7.71. The van der Waals surface area contributed by atoms with Crippen LogP contribution < -0.4 is 4.74 Å². The second-order valence-corrected chi connectivity index (χ2v) is 8.30. The minimum absolute atomic E-state index is 0.745. The molecule has 0 fully saturated rings. The van der Waals surface area contributed by atoms with Gasteiger partial charge in [0.05, 0.1) is 18.4 Å². The molecule has 0 saturated carbocycles. The summed E-state index contributed by atoms with van der Waals surface area (Å²) in [6.45, 7) is 6.10. The van der Waals surface area contributed by atoms with Crippen molar-refractivity contribution in [3.8, 4) is 16.3 Å². The van der Waals surface area contributed by atoms with Crippen molar-refractivity contribution in [2.75, 3.05) is 7.11 Å². The topological polar surface area (TPSA) is 47.9 Å². The Morgan fingerprint density at radius 3 is 2.52 bits per heavy atom. The van der Waals surface area contributed by atoms with Crippen LogP contribution in [0.2, 0.25) is 0 Å². The third-order valence-electron chi connectivity index (χ3n) is 3.90. The van der Waals surface area contributed by atoms with Crippen molar-refractivity contribution in [3.63, 3.8) is 0 Å². The largest absolute Gasteiger partial charge is 0.496 e. The molecule has 0 amide bonds. The summed E-state index contributed by atoms with van der Waals surface area (Å²) in [4.78, 5) is 13.9. The number of benzene rings is 1. The molecule has 2 heterocycles. The number of rotatable bonds is 5. The third-order valence-corrected chi connectivity index (χ3v) is 6.20. The Labute approximate surface area is 164 Å². The lowest BCUT2D eigenvalue weighted by molar-refractivity contribution is 0.416. The second kappa shape index (κ2) is 7.85. The van der Waals surface area contributed by atoms with Gasteiger partial charge in [0, 0.05) is 27.0 Å². The van der Waals surface area contributed by atoms with Gasteiger partial charge in [0.2, 0.25) is 0 Å². The van der Waals surface area contributed by atoms with E-state index < -0.39 is 0 Å². The monoisotopic (exact) mass is 435 g/mol. The quantitative estimate of drug-likeness (QED) is 0.386. The van der Waals surface area contributed by atoms with E-state index in [1.807, 2.05) is 32.0 Å². The SMILES string of the molecule is COc1ccc(Br)cc1-c1nc(CSc2nc(C)c(C)c(C)n2)cs1. The number of aryl methyl sites for hydroxylation is 2. The van der Waals surface area contributed by atoms with E-state index in [2.05, 4.69) is 38.2 Å². The molecule has 3 rings (SSSR count). The molecule has 0 aliphatic rings. The average Bonchev–Trinajstić information content (AvgIpc) is 3.06. The molecule has 0 unspecified atom stereocenters. The van der Waals surface area contributed by atoms with Crippen molar-refractivity contribution in [3.05, 3.63) is 50.7 Å². The molecule has 3 aromatic rings. The summed E-state index contributed by atoms with van der Waals surface area (Å²) in [7, 11) is 1.68. The van der Waals surface area contributed by atoms with E-state index in [-0.39, 0.29) is 0 Å². The molecule has 0 aliphatic carbocycles. The van der Waals surface area contributed by atoms with Crippen LogP contribution in [0.5, 0.6) is 5.75 Å². The number of nitrogens with zero attached hydrogens (tertiary/aromatic N) is 3. The fourth-order valence-electron chi connectivity index (χ4n) is 2.29. The van der Waals surface area contributed by atoms with E-state index in [9.17, 15) is 0 Å². The summed E-state index contributed by atoms with van der Waals surface area (Å²) in [6.07, 6.45) is 0. The van der Waals surface area contributed by atoms with Crippen LogP contribution in [0.3, 0.4) is 0 Å². The summed E-state index contributed by atoms with van der Waals surface area (Å²) in [6, 6.07) is 5.94. The van der Waals surface area contributed by atoms with Crippen LogP contribution in [0.25, 0.3) is 10.6 Å². The number of thioether (sulfide) groups is 1. The van der Waals surface area contributed by atoms with Gasteiger partial charge in [0.15, 0.2) is 5.16 Å². The molecule has 0 atom stereocenters. The minimum atomic E-state index is 0.745. The van der Waals surface area contributed by atoms with Gasteiger partial charge >= 0.3 is 0 Å². The zero-order valence-corrected chi connectivity index (χ0v) is 17.7. The highest BCUT2D eigenvalue weighted by Crippen LogP contribution is 2.35. The Bertz CT molecular complexity index is 888.